The number of carbonyl (C=O) groups excluding carboxylic acids is 4. The average Bonchev–Trinajstić information content (AvgIpc) is 3.60. The van der Waals surface area contributed by atoms with Crippen LogP contribution in [-0.4, -0.2) is 113 Å². The van der Waals surface area contributed by atoms with Crippen LogP contribution in [0.3, 0.4) is 0 Å². The number of carbonyl (C=O) groups is 4. The fourth-order valence-electron chi connectivity index (χ4n) is 10.3. The number of piperidine rings is 1. The van der Waals surface area contributed by atoms with E-state index < -0.39 is 23.5 Å². The Hall–Kier alpha value is -4.54. The van der Waals surface area contributed by atoms with Gasteiger partial charge in [0.1, 0.15) is 23.9 Å². The number of nitrogens with one attached hydrogen (secondary N) is 3. The lowest BCUT2D eigenvalue weighted by molar-refractivity contribution is -0.148. The summed E-state index contributed by atoms with van der Waals surface area (Å²) in [5.41, 5.74) is 8.64. The molecule has 1 aromatic carbocycles. The Labute approximate surface area is 368 Å². The van der Waals surface area contributed by atoms with E-state index in [1.807, 2.05) is 38.4 Å². The number of aldehydes is 1. The van der Waals surface area contributed by atoms with Gasteiger partial charge in [0, 0.05) is 73.2 Å². The Morgan fingerprint density at radius 3 is 2.65 bits per heavy atom. The highest BCUT2D eigenvalue weighted by molar-refractivity contribution is 7.10. The van der Waals surface area contributed by atoms with Crippen LogP contribution >= 0.6 is 11.3 Å². The zero-order valence-electron chi connectivity index (χ0n) is 37.3. The molecule has 3 amide bonds. The molecule has 6 bridgehead atoms. The molecular formula is C47H62N8O6S. The summed E-state index contributed by atoms with van der Waals surface area (Å²) in [7, 11) is 3.40. The number of hydrogen-bond donors (Lipinski definition) is 3. The average molecular weight is 867 g/mol. The molecule has 0 unspecified atom stereocenters. The molecule has 62 heavy (non-hydrogen) atoms. The fraction of sp³-hybridized carbons (Fsp3) is 0.574. The lowest BCUT2D eigenvalue weighted by Gasteiger charge is -2.42. The summed E-state index contributed by atoms with van der Waals surface area (Å²) in [4.78, 5) is 67.3. The number of methoxy groups -OCH3 is 1. The van der Waals surface area contributed by atoms with Gasteiger partial charge in [-0.2, -0.15) is 0 Å². The highest BCUT2D eigenvalue weighted by Gasteiger charge is 2.58. The molecule has 1 aliphatic carbocycles. The van der Waals surface area contributed by atoms with Gasteiger partial charge in [0.25, 0.3) is 5.91 Å². The third kappa shape index (κ3) is 8.34. The molecule has 0 spiro atoms. The number of nitrogens with zero attached hydrogens (tertiary/aromatic N) is 5. The first-order valence-electron chi connectivity index (χ1n) is 22.2. The van der Waals surface area contributed by atoms with Gasteiger partial charge in [-0.15, -0.1) is 11.3 Å². The number of fused-ring (bicyclic) bond motifs is 7. The van der Waals surface area contributed by atoms with Crippen molar-refractivity contribution in [2.75, 3.05) is 47.0 Å². The fourth-order valence-corrected chi connectivity index (χ4v) is 11.1. The van der Waals surface area contributed by atoms with Crippen molar-refractivity contribution >= 4 is 46.2 Å². The Morgan fingerprint density at radius 2 is 1.94 bits per heavy atom. The first kappa shape index (κ1) is 44.1. The maximum atomic E-state index is 14.7. The third-order valence-electron chi connectivity index (χ3n) is 13.6. The largest absolute Gasteiger partial charge is 0.378 e. The molecule has 3 fully saturated rings. The quantitative estimate of drug-likeness (QED) is 0.181. The van der Waals surface area contributed by atoms with Crippen LogP contribution in [0.1, 0.15) is 76.8 Å². The molecule has 15 heteroatoms. The third-order valence-corrected chi connectivity index (χ3v) is 14.4. The summed E-state index contributed by atoms with van der Waals surface area (Å²) >= 11 is 1.44. The molecule has 1 saturated carbocycles. The number of ether oxygens (including phenoxy) is 2. The van der Waals surface area contributed by atoms with E-state index in [1.165, 1.54) is 16.3 Å². The van der Waals surface area contributed by atoms with E-state index in [4.69, 9.17) is 19.4 Å². The summed E-state index contributed by atoms with van der Waals surface area (Å²) in [5, 5.41) is 11.7. The minimum absolute atomic E-state index is 0.0282. The molecule has 7 atom stereocenters. The molecule has 8 rings (SSSR count). The molecular weight excluding hydrogens is 805 g/mol. The number of likely N-dealkylation sites (N-methyl/N-ethyl adjacent to an activating group) is 1. The molecule has 3 aromatic heterocycles. The Morgan fingerprint density at radius 1 is 1.16 bits per heavy atom. The number of rotatable bonds is 10. The highest BCUT2D eigenvalue weighted by atomic mass is 32.1. The second-order valence-electron chi connectivity index (χ2n) is 19.0. The number of hydrazine groups is 1. The predicted molar refractivity (Wildman–Crippen MR) is 239 cm³/mol. The molecule has 6 heterocycles. The zero-order chi connectivity index (χ0) is 44.1. The summed E-state index contributed by atoms with van der Waals surface area (Å²) in [6, 6.07) is 8.75. The smallest absolute Gasteiger partial charge is 0.259 e. The van der Waals surface area contributed by atoms with Crippen molar-refractivity contribution < 1.29 is 28.7 Å². The molecule has 0 radical (unpaired) electrons. The van der Waals surface area contributed by atoms with Crippen LogP contribution < -0.4 is 16.1 Å². The second kappa shape index (κ2) is 17.6. The number of aromatic nitrogens is 3. The minimum atomic E-state index is -1.15. The number of aryl methyl sites for hydroxylation is 1. The molecule has 3 N–H and O–H groups in total. The van der Waals surface area contributed by atoms with Crippen molar-refractivity contribution in [2.45, 2.75) is 97.5 Å². The van der Waals surface area contributed by atoms with E-state index in [0.717, 1.165) is 70.6 Å². The van der Waals surface area contributed by atoms with Crippen molar-refractivity contribution in [3.8, 4) is 22.5 Å². The molecule has 4 aliphatic rings. The molecule has 3 aliphatic heterocycles. The van der Waals surface area contributed by atoms with E-state index in [-0.39, 0.29) is 48.2 Å². The van der Waals surface area contributed by atoms with Crippen LogP contribution in [0.4, 0.5) is 0 Å². The Balaban J connectivity index is 1.19. The van der Waals surface area contributed by atoms with Crippen LogP contribution in [0, 0.1) is 29.1 Å². The lowest BCUT2D eigenvalue weighted by Crippen LogP contribution is -2.66. The SMILES string of the molecule is CCn1c(-c2cccnc2[C@H](C)OC)c2c3cc(ccc31)-c1csc(n1)C[C@H](NC(=O)[C@H](C(C)C)N(C)C(=O)[C@H]1[C@@H]3CNC[C@@H]31)C(=O)N1CCC[C@](C=O)(COCC(C)(C)C2)N1. The predicted octanol–water partition coefficient (Wildman–Crippen LogP) is 5.19. The van der Waals surface area contributed by atoms with Crippen molar-refractivity contribution in [1.29, 1.82) is 0 Å². The van der Waals surface area contributed by atoms with Gasteiger partial charge in [-0.25, -0.2) is 10.4 Å². The van der Waals surface area contributed by atoms with Gasteiger partial charge in [-0.1, -0.05) is 33.8 Å². The number of hydrogen-bond acceptors (Lipinski definition) is 11. The van der Waals surface area contributed by atoms with Gasteiger partial charge in [0.05, 0.1) is 41.4 Å². The van der Waals surface area contributed by atoms with Crippen molar-refractivity contribution in [3.05, 3.63) is 58.2 Å². The lowest BCUT2D eigenvalue weighted by atomic mass is 9.84. The van der Waals surface area contributed by atoms with Crippen molar-refractivity contribution in [2.24, 2.45) is 29.1 Å². The maximum absolute atomic E-state index is 14.7. The van der Waals surface area contributed by atoms with E-state index in [2.05, 4.69) is 65.7 Å². The number of benzene rings is 1. The molecule has 332 valence electrons. The van der Waals surface area contributed by atoms with E-state index >= 15 is 0 Å². The van der Waals surface area contributed by atoms with Crippen LogP contribution in [0.5, 0.6) is 0 Å². The zero-order valence-corrected chi connectivity index (χ0v) is 38.1. The topological polar surface area (TPSA) is 160 Å². The summed E-state index contributed by atoms with van der Waals surface area (Å²) < 4.78 is 14.7. The normalized spacial score (nSPS) is 25.8. The second-order valence-corrected chi connectivity index (χ2v) is 19.9. The Bertz CT molecular complexity index is 2330. The molecule has 4 aromatic rings. The summed E-state index contributed by atoms with van der Waals surface area (Å²) in [6.45, 7) is 15.5. The standard InChI is InChI=1S/C47H62N8O6S/c1-9-54-37-14-13-29-18-31(37)32(42(54)30-12-10-16-49-40(30)28(4)60-8)20-46(5,6)25-61-26-47(24-56)15-11-17-55(52-47)44(58)35(19-38-50-36(29)23-62-38)51-43(57)41(27(2)3)53(7)45(59)39-33-21-48-22-34(33)39/h10,12-14,16,18,23-24,27-28,33-35,39,41,48,52H,9,11,15,17,19-22,25-26H2,1-8H3,(H,51,57)/t28-,33-,34+,35-,39+,41-,47-/m0/s1. The number of thiazole rings is 1. The van der Waals surface area contributed by atoms with Crippen LogP contribution in [0.15, 0.2) is 41.9 Å². The first-order chi connectivity index (χ1) is 29.7. The van der Waals surface area contributed by atoms with Crippen LogP contribution in [0.25, 0.3) is 33.4 Å². The van der Waals surface area contributed by atoms with Crippen molar-refractivity contribution in [3.63, 3.8) is 0 Å². The highest BCUT2D eigenvalue weighted by Crippen LogP contribution is 2.50. The van der Waals surface area contributed by atoms with E-state index in [0.29, 0.717) is 49.3 Å². The molecule has 14 nitrogen and oxygen atoms in total. The number of pyridine rings is 1. The molecule has 2 saturated heterocycles. The summed E-state index contributed by atoms with van der Waals surface area (Å²) in [6.07, 6.45) is 4.26. The number of amides is 3. The van der Waals surface area contributed by atoms with Gasteiger partial charge in [0.15, 0.2) is 0 Å². The van der Waals surface area contributed by atoms with Gasteiger partial charge < -0.3 is 34.4 Å². The van der Waals surface area contributed by atoms with Gasteiger partial charge in [-0.05, 0) is 99.2 Å². The van der Waals surface area contributed by atoms with Crippen molar-refractivity contribution in [1.82, 2.24) is 40.5 Å². The van der Waals surface area contributed by atoms with Gasteiger partial charge >= 0.3 is 0 Å². The van der Waals surface area contributed by atoms with Gasteiger partial charge in [-0.3, -0.25) is 24.4 Å². The Kier molecular flexibility index (Phi) is 12.5. The van der Waals surface area contributed by atoms with Crippen LogP contribution in [0.2, 0.25) is 0 Å². The summed E-state index contributed by atoms with van der Waals surface area (Å²) in [5.74, 6) is -0.485. The monoisotopic (exact) mass is 866 g/mol. The minimum Gasteiger partial charge on any atom is -0.378 e. The van der Waals surface area contributed by atoms with Gasteiger partial charge in [0.2, 0.25) is 11.8 Å². The first-order valence-corrected chi connectivity index (χ1v) is 23.1. The van der Waals surface area contributed by atoms with E-state index in [1.54, 1.807) is 19.1 Å². The van der Waals surface area contributed by atoms with Crippen LogP contribution in [-0.2, 0) is 48.0 Å². The maximum Gasteiger partial charge on any atom is 0.259 e. The van der Waals surface area contributed by atoms with E-state index in [9.17, 15) is 19.2 Å².